The van der Waals surface area contributed by atoms with Crippen molar-refractivity contribution in [2.45, 2.75) is 40.5 Å². The van der Waals surface area contributed by atoms with E-state index in [4.69, 9.17) is 14.2 Å². The van der Waals surface area contributed by atoms with Crippen molar-refractivity contribution < 1.29 is 28.2 Å². The molecule has 39 heavy (non-hydrogen) atoms. The molecule has 210 valence electrons. The van der Waals surface area contributed by atoms with Gasteiger partial charge < -0.3 is 14.2 Å². The molecule has 9 nitrogen and oxygen atoms in total. The van der Waals surface area contributed by atoms with Crippen molar-refractivity contribution in [3.05, 3.63) is 83.1 Å². The Labute approximate surface area is 232 Å². The average Bonchev–Trinajstić information content (AvgIpc) is 3.39. The van der Waals surface area contributed by atoms with E-state index in [1.54, 1.807) is 39.0 Å². The second-order valence-electron chi connectivity index (χ2n) is 7.54. The number of ether oxygens (including phenoxy) is 3. The van der Waals surface area contributed by atoms with Gasteiger partial charge >= 0.3 is 5.97 Å². The minimum absolute atomic E-state index is 0.0456. The highest BCUT2D eigenvalue weighted by atomic mass is 32.1. The number of carbonyl (C=O) groups excluding carboxylic acids is 2. The number of anilines is 1. The third-order valence-corrected chi connectivity index (χ3v) is 5.78. The number of amides is 1. The van der Waals surface area contributed by atoms with Crippen molar-refractivity contribution in [2.75, 3.05) is 26.1 Å². The van der Waals surface area contributed by atoms with Gasteiger partial charge in [-0.05, 0) is 51.0 Å². The highest BCUT2D eigenvalue weighted by molar-refractivity contribution is 7.17. The molecule has 0 aromatic carbocycles. The molecule has 1 heterocycles. The predicted octanol–water partition coefficient (Wildman–Crippen LogP) is 6.19. The molecule has 0 atom stereocenters. The minimum atomic E-state index is -0.762. The molecule has 0 aliphatic rings. The molecule has 0 saturated carbocycles. The van der Waals surface area contributed by atoms with Gasteiger partial charge in [0.25, 0.3) is 11.1 Å². The van der Waals surface area contributed by atoms with Gasteiger partial charge in [-0.25, -0.2) is 9.18 Å². The number of esters is 1. The van der Waals surface area contributed by atoms with Crippen molar-refractivity contribution in [2.24, 2.45) is 4.99 Å². The Morgan fingerprint density at radius 1 is 1.18 bits per heavy atom. The standard InChI is InChI=1S/C28H35FN4O5S/c1-8-12-16-22(36-6)24(29)21(18-30-11-4)23(19(5)9-2)25(34)31-27-32-33-28(39-27)38-17-14-13-15-20(10-3)26(35)37-7/h8,10-13,15-16,18H,1,9,14,17H2,2-7H3,(H,31,32,34)/b15-13-,16-12-,20-10+,21-18+,23-19?,24-22+,30-11?. The topological polar surface area (TPSA) is 112 Å². The molecule has 0 bridgehead atoms. The van der Waals surface area contributed by atoms with Crippen LogP contribution in [0.4, 0.5) is 9.52 Å². The van der Waals surface area contributed by atoms with Crippen molar-refractivity contribution in [3.63, 3.8) is 0 Å². The zero-order valence-electron chi connectivity index (χ0n) is 23.1. The van der Waals surface area contributed by atoms with E-state index >= 15 is 4.39 Å². The lowest BCUT2D eigenvalue weighted by Crippen LogP contribution is -2.18. The molecular weight excluding hydrogens is 523 g/mol. The molecule has 1 aromatic rings. The van der Waals surface area contributed by atoms with E-state index in [9.17, 15) is 9.59 Å². The fraction of sp³-hybridized carbons (Fsp3) is 0.321. The van der Waals surface area contributed by atoms with Gasteiger partial charge in [-0.3, -0.25) is 15.1 Å². The lowest BCUT2D eigenvalue weighted by molar-refractivity contribution is -0.135. The second kappa shape index (κ2) is 18.2. The second-order valence-corrected chi connectivity index (χ2v) is 8.48. The summed E-state index contributed by atoms with van der Waals surface area (Å²) < 4.78 is 31.1. The molecule has 0 unspecified atom stereocenters. The maximum Gasteiger partial charge on any atom is 0.337 e. The van der Waals surface area contributed by atoms with Crippen LogP contribution in [-0.4, -0.2) is 49.1 Å². The Morgan fingerprint density at radius 2 is 1.92 bits per heavy atom. The first-order valence-corrected chi connectivity index (χ1v) is 12.9. The summed E-state index contributed by atoms with van der Waals surface area (Å²) in [6.45, 7) is 10.9. The first-order valence-electron chi connectivity index (χ1n) is 12.1. The van der Waals surface area contributed by atoms with E-state index in [1.807, 2.05) is 6.92 Å². The first-order chi connectivity index (χ1) is 18.8. The number of hydrogen-bond donors (Lipinski definition) is 1. The van der Waals surface area contributed by atoms with E-state index in [0.29, 0.717) is 24.0 Å². The largest absolute Gasteiger partial charge is 0.494 e. The van der Waals surface area contributed by atoms with Gasteiger partial charge in [0, 0.05) is 18.0 Å². The van der Waals surface area contributed by atoms with Crippen LogP contribution in [0, 0.1) is 0 Å². The number of carbonyl (C=O) groups is 2. The summed E-state index contributed by atoms with van der Waals surface area (Å²) in [7, 11) is 2.65. The Balaban J connectivity index is 3.11. The van der Waals surface area contributed by atoms with Crippen LogP contribution >= 0.6 is 11.3 Å². The molecule has 0 aliphatic heterocycles. The van der Waals surface area contributed by atoms with E-state index < -0.39 is 17.7 Å². The summed E-state index contributed by atoms with van der Waals surface area (Å²) in [5, 5.41) is 11.0. The van der Waals surface area contributed by atoms with Gasteiger partial charge in [-0.2, -0.15) is 0 Å². The number of rotatable bonds is 15. The number of aliphatic imine (C=N–C) groups is 1. The minimum Gasteiger partial charge on any atom is -0.494 e. The molecular formula is C28H35FN4O5S. The van der Waals surface area contributed by atoms with Gasteiger partial charge in [-0.15, -0.1) is 5.10 Å². The number of hydrogen-bond acceptors (Lipinski definition) is 9. The summed E-state index contributed by atoms with van der Waals surface area (Å²) in [5.41, 5.74) is 1.11. The van der Waals surface area contributed by atoms with E-state index in [-0.39, 0.29) is 33.8 Å². The van der Waals surface area contributed by atoms with Crippen molar-refractivity contribution in [3.8, 4) is 5.19 Å². The van der Waals surface area contributed by atoms with Crippen LogP contribution in [-0.2, 0) is 19.1 Å². The van der Waals surface area contributed by atoms with Crippen molar-refractivity contribution >= 4 is 34.6 Å². The SMILES string of the molecule is C=C\C=C/C(OC)=C(F)/C(=C/N=CC)C(C(=O)Nc1nnc(OCC/C=C\C(=C/C)C(=O)OC)s1)=C(C)CC. The monoisotopic (exact) mass is 558 g/mol. The fourth-order valence-corrected chi connectivity index (χ4v) is 3.54. The highest BCUT2D eigenvalue weighted by Gasteiger charge is 2.24. The molecule has 1 amide bonds. The lowest BCUT2D eigenvalue weighted by atomic mass is 9.97. The normalized spacial score (nSPS) is 13.9. The Morgan fingerprint density at radius 3 is 2.51 bits per heavy atom. The smallest absolute Gasteiger partial charge is 0.337 e. The molecule has 0 spiro atoms. The van der Waals surface area contributed by atoms with Crippen LogP contribution < -0.4 is 10.1 Å². The van der Waals surface area contributed by atoms with Gasteiger partial charge in [0.2, 0.25) is 5.13 Å². The highest BCUT2D eigenvalue weighted by Crippen LogP contribution is 2.30. The van der Waals surface area contributed by atoms with Gasteiger partial charge in [0.1, 0.15) is 0 Å². The quantitative estimate of drug-likeness (QED) is 0.0682. The van der Waals surface area contributed by atoms with Crippen LogP contribution in [0.2, 0.25) is 0 Å². The predicted molar refractivity (Wildman–Crippen MR) is 153 cm³/mol. The molecule has 1 aromatic heterocycles. The summed E-state index contributed by atoms with van der Waals surface area (Å²) in [4.78, 5) is 29.0. The van der Waals surface area contributed by atoms with Crippen LogP contribution in [0.1, 0.15) is 40.5 Å². The Kier molecular flexibility index (Phi) is 15.3. The molecule has 11 heteroatoms. The van der Waals surface area contributed by atoms with Gasteiger partial charge in [0.05, 0.1) is 32.0 Å². The Hall–Kier alpha value is -4.12. The van der Waals surface area contributed by atoms with Crippen molar-refractivity contribution in [1.82, 2.24) is 10.2 Å². The maximum atomic E-state index is 15.6. The Bertz CT molecular complexity index is 1220. The number of aromatic nitrogens is 2. The molecule has 0 aliphatic carbocycles. The zero-order valence-corrected chi connectivity index (χ0v) is 23.9. The molecule has 0 fully saturated rings. The average molecular weight is 559 g/mol. The van der Waals surface area contributed by atoms with Gasteiger partial charge in [0.15, 0.2) is 11.6 Å². The first kappa shape index (κ1) is 32.9. The van der Waals surface area contributed by atoms with Crippen LogP contribution in [0.3, 0.4) is 0 Å². The number of allylic oxidation sites excluding steroid dienone is 6. The maximum absolute atomic E-state index is 15.6. The van der Waals surface area contributed by atoms with E-state index in [0.717, 1.165) is 11.3 Å². The lowest BCUT2D eigenvalue weighted by Gasteiger charge is -2.14. The number of nitrogens with zero attached hydrogens (tertiary/aromatic N) is 3. The third-order valence-electron chi connectivity index (χ3n) is 5.03. The zero-order chi connectivity index (χ0) is 29.2. The van der Waals surface area contributed by atoms with Gasteiger partial charge in [-0.1, -0.05) is 54.6 Å². The summed E-state index contributed by atoms with van der Waals surface area (Å²) >= 11 is 1.02. The summed E-state index contributed by atoms with van der Waals surface area (Å²) in [5.74, 6) is -1.86. The third kappa shape index (κ3) is 10.6. The number of nitrogens with one attached hydrogen (secondary N) is 1. The van der Waals surface area contributed by atoms with Crippen LogP contribution in [0.15, 0.2) is 88.1 Å². The summed E-state index contributed by atoms with van der Waals surface area (Å²) in [6.07, 6.45) is 13.2. The molecule has 1 rings (SSSR count). The number of methoxy groups -OCH3 is 2. The summed E-state index contributed by atoms with van der Waals surface area (Å²) in [6, 6.07) is 0. The molecule has 0 saturated heterocycles. The van der Waals surface area contributed by atoms with E-state index in [1.165, 1.54) is 44.9 Å². The number of halogens is 1. The fourth-order valence-electron chi connectivity index (χ4n) is 2.92. The van der Waals surface area contributed by atoms with E-state index in [2.05, 4.69) is 27.1 Å². The van der Waals surface area contributed by atoms with Crippen LogP contribution in [0.25, 0.3) is 0 Å². The van der Waals surface area contributed by atoms with Crippen molar-refractivity contribution in [1.29, 1.82) is 0 Å². The van der Waals surface area contributed by atoms with Crippen LogP contribution in [0.5, 0.6) is 5.19 Å². The molecule has 0 radical (unpaired) electrons. The molecule has 1 N–H and O–H groups in total.